The minimum atomic E-state index is 0.132. The van der Waals surface area contributed by atoms with Crippen molar-refractivity contribution in [2.75, 3.05) is 4.90 Å². The van der Waals surface area contributed by atoms with Crippen LogP contribution in [0.25, 0.3) is 93.7 Å². The molecule has 2 aliphatic rings. The van der Waals surface area contributed by atoms with Gasteiger partial charge in [-0.2, -0.15) is 0 Å². The fraction of sp³-hybridized carbons (Fsp3) is 0.0345. The second-order valence-electron chi connectivity index (χ2n) is 16.5. The highest BCUT2D eigenvalue weighted by atomic mass is 15.2. The molecule has 2 atom stereocenters. The predicted molar refractivity (Wildman–Crippen MR) is 259 cm³/mol. The summed E-state index contributed by atoms with van der Waals surface area (Å²) in [6.07, 6.45) is 9.09. The zero-order valence-corrected chi connectivity index (χ0v) is 33.7. The van der Waals surface area contributed by atoms with Gasteiger partial charge in [-0.05, 0) is 86.4 Å². The van der Waals surface area contributed by atoms with Crippen LogP contribution in [0.3, 0.4) is 0 Å². The first kappa shape index (κ1) is 34.8. The number of hydrogen-bond donors (Lipinski definition) is 0. The van der Waals surface area contributed by atoms with Crippen LogP contribution in [0.5, 0.6) is 0 Å². The molecule has 0 radical (unpaired) electrons. The lowest BCUT2D eigenvalue weighted by molar-refractivity contribution is 0.744. The Hall–Kier alpha value is -8.08. The molecule has 290 valence electrons. The van der Waals surface area contributed by atoms with Gasteiger partial charge in [0.05, 0.1) is 28.5 Å². The largest absolute Gasteiger partial charge is 0.333 e. The number of hydrogen-bond acceptors (Lipinski definition) is 3. The summed E-state index contributed by atoms with van der Waals surface area (Å²) in [4.78, 5) is 13.7. The first-order chi connectivity index (χ1) is 30.7. The van der Waals surface area contributed by atoms with Crippen molar-refractivity contribution in [1.82, 2.24) is 14.5 Å². The van der Waals surface area contributed by atoms with Crippen molar-refractivity contribution >= 4 is 65.5 Å². The summed E-state index contributed by atoms with van der Waals surface area (Å²) in [6.45, 7) is 0. The third kappa shape index (κ3) is 5.33. The molecule has 2 unspecified atom stereocenters. The molecule has 62 heavy (non-hydrogen) atoms. The quantitative estimate of drug-likeness (QED) is 0.163. The molecule has 3 heterocycles. The normalized spacial score (nSPS) is 15.6. The van der Waals surface area contributed by atoms with E-state index in [-0.39, 0.29) is 12.0 Å². The predicted octanol–water partition coefficient (Wildman–Crippen LogP) is 14.8. The summed E-state index contributed by atoms with van der Waals surface area (Å²) in [5.41, 5.74) is 12.0. The number of fused-ring (bicyclic) bond motifs is 9. The Kier molecular flexibility index (Phi) is 7.70. The van der Waals surface area contributed by atoms with E-state index in [1.807, 2.05) is 0 Å². The van der Waals surface area contributed by atoms with Gasteiger partial charge >= 0.3 is 0 Å². The van der Waals surface area contributed by atoms with Crippen LogP contribution < -0.4 is 4.90 Å². The SMILES string of the molecule is C1=CC2c3ccccc3N(c3cc(-c4cc(-c5c6ccccc6cc6ccccc56)nc(-c5cccc6ccccc56)n4)cc(-n4c5ccccc5c5ccccc54)c3)C2C=C1. The minimum absolute atomic E-state index is 0.132. The smallest absolute Gasteiger partial charge is 0.161 e. The molecule has 4 nitrogen and oxygen atoms in total. The van der Waals surface area contributed by atoms with Crippen molar-refractivity contribution in [3.8, 4) is 39.6 Å². The second-order valence-corrected chi connectivity index (χ2v) is 16.5. The van der Waals surface area contributed by atoms with Gasteiger partial charge in [-0.15, -0.1) is 0 Å². The summed E-state index contributed by atoms with van der Waals surface area (Å²) in [5, 5.41) is 9.43. The van der Waals surface area contributed by atoms with Crippen molar-refractivity contribution < 1.29 is 0 Å². The highest BCUT2D eigenvalue weighted by Gasteiger charge is 2.37. The van der Waals surface area contributed by atoms with Crippen molar-refractivity contribution in [3.05, 3.63) is 224 Å². The zero-order valence-electron chi connectivity index (χ0n) is 33.7. The number of benzene rings is 9. The van der Waals surface area contributed by atoms with E-state index in [0.717, 1.165) is 61.0 Å². The Labute approximate surface area is 359 Å². The molecule has 13 rings (SSSR count). The molecule has 0 saturated heterocycles. The van der Waals surface area contributed by atoms with Gasteiger partial charge in [-0.1, -0.05) is 170 Å². The minimum Gasteiger partial charge on any atom is -0.333 e. The van der Waals surface area contributed by atoms with E-state index in [0.29, 0.717) is 5.82 Å². The van der Waals surface area contributed by atoms with Gasteiger partial charge in [0.1, 0.15) is 0 Å². The third-order valence-electron chi connectivity index (χ3n) is 13.1. The van der Waals surface area contributed by atoms with Crippen LogP contribution in [0.1, 0.15) is 11.5 Å². The number of anilines is 2. The van der Waals surface area contributed by atoms with E-state index in [2.05, 4.69) is 228 Å². The number of aromatic nitrogens is 3. The van der Waals surface area contributed by atoms with E-state index in [9.17, 15) is 0 Å². The summed E-state index contributed by atoms with van der Waals surface area (Å²) >= 11 is 0. The Morgan fingerprint density at radius 3 is 1.76 bits per heavy atom. The fourth-order valence-electron chi connectivity index (χ4n) is 10.4. The van der Waals surface area contributed by atoms with Crippen LogP contribution in [0.15, 0.2) is 218 Å². The van der Waals surface area contributed by atoms with E-state index in [1.54, 1.807) is 0 Å². The monoisotopic (exact) mass is 790 g/mol. The highest BCUT2D eigenvalue weighted by Crippen LogP contribution is 2.49. The average molecular weight is 791 g/mol. The van der Waals surface area contributed by atoms with Crippen molar-refractivity contribution in [3.63, 3.8) is 0 Å². The zero-order chi connectivity index (χ0) is 40.7. The van der Waals surface area contributed by atoms with E-state index in [1.165, 1.54) is 43.8 Å². The fourth-order valence-corrected chi connectivity index (χ4v) is 10.4. The van der Waals surface area contributed by atoms with Crippen LogP contribution in [0, 0.1) is 0 Å². The molecule has 4 heteroatoms. The molecule has 0 amide bonds. The van der Waals surface area contributed by atoms with E-state index < -0.39 is 0 Å². The molecule has 9 aromatic carbocycles. The molecule has 0 spiro atoms. The number of para-hydroxylation sites is 3. The standard InChI is InChI=1S/C58H38N4/c1-4-20-43-37(16-1)19-15-27-50(43)58-59-51(36-52(60-58)57-44-21-5-2-17-38(44)32-39-18-3-6-22-45(39)57)40-33-41(61-53-28-11-7-23-46(53)47-24-8-12-29-54(47)61)35-42(34-40)62-55-30-13-9-25-48(55)49-26-10-14-31-56(49)62/h1-36,46,53H. The van der Waals surface area contributed by atoms with Crippen molar-refractivity contribution in [1.29, 1.82) is 0 Å². The molecule has 0 saturated carbocycles. The Morgan fingerprint density at radius 2 is 1.00 bits per heavy atom. The molecule has 1 aliphatic heterocycles. The van der Waals surface area contributed by atoms with Gasteiger partial charge in [-0.25, -0.2) is 9.97 Å². The summed E-state index contributed by atoms with van der Waals surface area (Å²) in [5.74, 6) is 0.946. The molecule has 1 aliphatic carbocycles. The summed E-state index contributed by atoms with van der Waals surface area (Å²) in [7, 11) is 0. The van der Waals surface area contributed by atoms with Gasteiger partial charge in [0.15, 0.2) is 5.82 Å². The summed E-state index contributed by atoms with van der Waals surface area (Å²) in [6, 6.07) is 70.5. The molecule has 11 aromatic rings. The Balaban J connectivity index is 1.13. The lowest BCUT2D eigenvalue weighted by atomic mass is 9.91. The maximum atomic E-state index is 5.59. The molecular formula is C58H38N4. The van der Waals surface area contributed by atoms with Crippen LogP contribution in [0.2, 0.25) is 0 Å². The van der Waals surface area contributed by atoms with Crippen LogP contribution in [0.4, 0.5) is 11.4 Å². The highest BCUT2D eigenvalue weighted by molar-refractivity contribution is 6.13. The van der Waals surface area contributed by atoms with Crippen molar-refractivity contribution in [2.24, 2.45) is 0 Å². The molecule has 0 N–H and O–H groups in total. The van der Waals surface area contributed by atoms with Gasteiger partial charge in [0.25, 0.3) is 0 Å². The number of allylic oxidation sites excluding steroid dienone is 2. The topological polar surface area (TPSA) is 34.0 Å². The number of rotatable bonds is 5. The second kappa shape index (κ2) is 13.7. The summed E-state index contributed by atoms with van der Waals surface area (Å²) < 4.78 is 2.43. The Morgan fingerprint density at radius 1 is 0.419 bits per heavy atom. The van der Waals surface area contributed by atoms with Crippen LogP contribution in [-0.2, 0) is 0 Å². The van der Waals surface area contributed by atoms with Gasteiger partial charge in [-0.3, -0.25) is 0 Å². The average Bonchev–Trinajstić information content (AvgIpc) is 3.86. The lowest BCUT2D eigenvalue weighted by Crippen LogP contribution is -2.28. The Bertz CT molecular complexity index is 3570. The third-order valence-corrected chi connectivity index (χ3v) is 13.1. The van der Waals surface area contributed by atoms with E-state index in [4.69, 9.17) is 9.97 Å². The number of nitrogens with zero attached hydrogens (tertiary/aromatic N) is 4. The molecule has 0 bridgehead atoms. The molecule has 0 fully saturated rings. The van der Waals surface area contributed by atoms with Crippen LogP contribution in [-0.4, -0.2) is 20.6 Å². The first-order valence-electron chi connectivity index (χ1n) is 21.4. The molecular weight excluding hydrogens is 753 g/mol. The van der Waals surface area contributed by atoms with Crippen molar-refractivity contribution in [2.45, 2.75) is 12.0 Å². The van der Waals surface area contributed by atoms with Gasteiger partial charge in [0, 0.05) is 50.4 Å². The van der Waals surface area contributed by atoms with Gasteiger partial charge in [0.2, 0.25) is 0 Å². The maximum absolute atomic E-state index is 5.59. The van der Waals surface area contributed by atoms with E-state index >= 15 is 0 Å². The van der Waals surface area contributed by atoms with Gasteiger partial charge < -0.3 is 9.47 Å². The van der Waals surface area contributed by atoms with Crippen LogP contribution >= 0.6 is 0 Å². The first-order valence-corrected chi connectivity index (χ1v) is 21.4. The maximum Gasteiger partial charge on any atom is 0.161 e. The molecule has 2 aromatic heterocycles. The lowest BCUT2D eigenvalue weighted by Gasteiger charge is -2.29.